The number of hydrogen-bond acceptors (Lipinski definition) is 1. The van der Waals surface area contributed by atoms with Crippen molar-refractivity contribution >= 4 is 40.0 Å². The molecule has 0 aliphatic rings. The summed E-state index contributed by atoms with van der Waals surface area (Å²) in [7, 11) is 0. The third-order valence-corrected chi connectivity index (χ3v) is 3.71. The fourth-order valence-corrected chi connectivity index (χ4v) is 2.40. The summed E-state index contributed by atoms with van der Waals surface area (Å²) in [5, 5.41) is 1.85. The van der Waals surface area contributed by atoms with E-state index in [9.17, 15) is 4.79 Å². The molecule has 0 spiro atoms. The summed E-state index contributed by atoms with van der Waals surface area (Å²) in [6.07, 6.45) is 2.42. The van der Waals surface area contributed by atoms with Crippen molar-refractivity contribution in [3.05, 3.63) is 33.9 Å². The Morgan fingerprint density at radius 1 is 1.47 bits per heavy atom. The van der Waals surface area contributed by atoms with Crippen LogP contribution in [-0.2, 0) is 4.79 Å². The lowest BCUT2D eigenvalue weighted by Gasteiger charge is -2.09. The number of carbonyl (C=O) groups is 1. The van der Waals surface area contributed by atoms with Gasteiger partial charge in [-0.05, 0) is 18.1 Å². The van der Waals surface area contributed by atoms with E-state index in [-0.39, 0.29) is 11.8 Å². The number of H-pyrrole nitrogens is 1. The van der Waals surface area contributed by atoms with Crippen molar-refractivity contribution in [1.29, 1.82) is 0 Å². The van der Waals surface area contributed by atoms with E-state index in [0.29, 0.717) is 16.5 Å². The number of rotatable bonds is 3. The van der Waals surface area contributed by atoms with E-state index in [0.717, 1.165) is 16.5 Å². The molecule has 17 heavy (non-hydrogen) atoms. The zero-order valence-corrected chi connectivity index (χ0v) is 10.8. The molecule has 1 aromatic heterocycles. The summed E-state index contributed by atoms with van der Waals surface area (Å²) in [6, 6.07) is 3.57. The molecule has 0 aliphatic heterocycles. The Morgan fingerprint density at radius 3 is 2.76 bits per heavy atom. The van der Waals surface area contributed by atoms with Gasteiger partial charge in [0.2, 0.25) is 5.91 Å². The Labute approximate surface area is 109 Å². The second kappa shape index (κ2) is 4.59. The summed E-state index contributed by atoms with van der Waals surface area (Å²) in [5.74, 6) is -0.638. The second-order valence-electron chi connectivity index (χ2n) is 3.89. The number of carbonyl (C=O) groups excluding carboxylic acids is 1. The summed E-state index contributed by atoms with van der Waals surface area (Å²) in [4.78, 5) is 14.4. The predicted molar refractivity (Wildman–Crippen MR) is 70.5 cm³/mol. The minimum Gasteiger partial charge on any atom is -0.369 e. The summed E-state index contributed by atoms with van der Waals surface area (Å²) >= 11 is 12.0. The molecule has 0 bridgehead atoms. The molecule has 0 aliphatic carbocycles. The Kier molecular flexibility index (Phi) is 3.31. The molecule has 2 rings (SSSR count). The highest BCUT2D eigenvalue weighted by atomic mass is 35.5. The molecule has 1 heterocycles. The highest BCUT2D eigenvalue weighted by Crippen LogP contribution is 2.35. The first-order valence-electron chi connectivity index (χ1n) is 5.30. The van der Waals surface area contributed by atoms with E-state index < -0.39 is 0 Å². The van der Waals surface area contributed by atoms with Gasteiger partial charge in [0.05, 0.1) is 21.5 Å². The minimum absolute atomic E-state index is 0.305. The van der Waals surface area contributed by atoms with Gasteiger partial charge >= 0.3 is 0 Å². The van der Waals surface area contributed by atoms with Crippen molar-refractivity contribution < 1.29 is 4.79 Å². The van der Waals surface area contributed by atoms with E-state index in [1.807, 2.05) is 13.0 Å². The van der Waals surface area contributed by atoms with Crippen LogP contribution >= 0.6 is 23.2 Å². The third-order valence-electron chi connectivity index (χ3n) is 2.90. The largest absolute Gasteiger partial charge is 0.369 e. The van der Waals surface area contributed by atoms with Crippen LogP contribution in [0, 0.1) is 0 Å². The molecule has 3 nitrogen and oxygen atoms in total. The number of aromatic nitrogens is 1. The molecule has 1 unspecified atom stereocenters. The van der Waals surface area contributed by atoms with E-state index in [1.165, 1.54) is 0 Å². The van der Waals surface area contributed by atoms with Crippen LogP contribution in [0.15, 0.2) is 18.3 Å². The SMILES string of the molecule is CCC(C(N)=O)c1c[nH]c2c(Cl)c(Cl)ccc12. The maximum Gasteiger partial charge on any atom is 0.225 e. The lowest BCUT2D eigenvalue weighted by atomic mass is 9.95. The first kappa shape index (κ1) is 12.3. The number of nitrogens with one attached hydrogen (secondary N) is 1. The standard InChI is InChI=1S/C12H12Cl2N2O/c1-2-6(12(15)17)8-5-16-11-7(8)3-4-9(13)10(11)14/h3-6,16H,2H2,1H3,(H2,15,17). The molecular weight excluding hydrogens is 259 g/mol. The molecule has 0 saturated heterocycles. The van der Waals surface area contributed by atoms with E-state index in [2.05, 4.69) is 4.98 Å². The maximum atomic E-state index is 11.4. The number of fused-ring (bicyclic) bond motifs is 1. The van der Waals surface area contributed by atoms with Crippen LogP contribution in [0.2, 0.25) is 10.0 Å². The number of nitrogens with two attached hydrogens (primary N) is 1. The van der Waals surface area contributed by atoms with Gasteiger partial charge in [0.15, 0.2) is 0 Å². The van der Waals surface area contributed by atoms with Gasteiger partial charge in [-0.1, -0.05) is 36.2 Å². The third kappa shape index (κ3) is 2.01. The average molecular weight is 271 g/mol. The van der Waals surface area contributed by atoms with Crippen LogP contribution in [-0.4, -0.2) is 10.9 Å². The Balaban J connectivity index is 2.65. The number of aromatic amines is 1. The maximum absolute atomic E-state index is 11.4. The van der Waals surface area contributed by atoms with Gasteiger partial charge in [0.1, 0.15) is 0 Å². The fourth-order valence-electron chi connectivity index (χ4n) is 2.02. The fraction of sp³-hybridized carbons (Fsp3) is 0.250. The highest BCUT2D eigenvalue weighted by molar-refractivity contribution is 6.45. The smallest absolute Gasteiger partial charge is 0.225 e. The van der Waals surface area contributed by atoms with Crippen molar-refractivity contribution in [2.75, 3.05) is 0 Å². The molecule has 1 amide bonds. The van der Waals surface area contributed by atoms with Crippen LogP contribution in [0.4, 0.5) is 0 Å². The number of amides is 1. The number of halogens is 2. The molecular formula is C12H12Cl2N2O. The normalized spacial score (nSPS) is 12.9. The van der Waals surface area contributed by atoms with Gasteiger partial charge in [0.25, 0.3) is 0 Å². The second-order valence-corrected chi connectivity index (χ2v) is 4.68. The number of primary amides is 1. The lowest BCUT2D eigenvalue weighted by molar-refractivity contribution is -0.119. The van der Waals surface area contributed by atoms with Crippen molar-refractivity contribution in [2.24, 2.45) is 5.73 Å². The quantitative estimate of drug-likeness (QED) is 0.882. The molecule has 2 aromatic rings. The minimum atomic E-state index is -0.334. The van der Waals surface area contributed by atoms with Crippen LogP contribution in [0.3, 0.4) is 0 Å². The average Bonchev–Trinajstić information content (AvgIpc) is 2.69. The Morgan fingerprint density at radius 2 is 2.18 bits per heavy atom. The summed E-state index contributed by atoms with van der Waals surface area (Å²) in [5.41, 5.74) is 7.00. The monoisotopic (exact) mass is 270 g/mol. The van der Waals surface area contributed by atoms with Crippen LogP contribution < -0.4 is 5.73 Å². The van der Waals surface area contributed by atoms with E-state index in [1.54, 1.807) is 12.3 Å². The molecule has 0 fully saturated rings. The summed E-state index contributed by atoms with van der Waals surface area (Å²) in [6.45, 7) is 1.92. The molecule has 5 heteroatoms. The van der Waals surface area contributed by atoms with E-state index in [4.69, 9.17) is 28.9 Å². The predicted octanol–water partition coefficient (Wildman–Crippen LogP) is 3.45. The lowest BCUT2D eigenvalue weighted by Crippen LogP contribution is -2.20. The van der Waals surface area contributed by atoms with Crippen LogP contribution in [0.25, 0.3) is 10.9 Å². The number of benzene rings is 1. The summed E-state index contributed by atoms with van der Waals surface area (Å²) < 4.78 is 0. The van der Waals surface area contributed by atoms with Crippen LogP contribution in [0.5, 0.6) is 0 Å². The van der Waals surface area contributed by atoms with Gasteiger partial charge in [-0.25, -0.2) is 0 Å². The van der Waals surface area contributed by atoms with Gasteiger partial charge in [-0.15, -0.1) is 0 Å². The van der Waals surface area contributed by atoms with Crippen molar-refractivity contribution in [3.63, 3.8) is 0 Å². The Bertz CT molecular complexity index is 577. The zero-order valence-electron chi connectivity index (χ0n) is 9.26. The van der Waals surface area contributed by atoms with Gasteiger partial charge in [-0.2, -0.15) is 0 Å². The van der Waals surface area contributed by atoms with Crippen LogP contribution in [0.1, 0.15) is 24.8 Å². The van der Waals surface area contributed by atoms with Crippen molar-refractivity contribution in [3.8, 4) is 0 Å². The van der Waals surface area contributed by atoms with Gasteiger partial charge in [0, 0.05) is 11.6 Å². The molecule has 90 valence electrons. The molecule has 0 saturated carbocycles. The van der Waals surface area contributed by atoms with Crippen molar-refractivity contribution in [1.82, 2.24) is 4.98 Å². The van der Waals surface area contributed by atoms with Gasteiger partial charge < -0.3 is 10.7 Å². The topological polar surface area (TPSA) is 58.9 Å². The first-order valence-corrected chi connectivity index (χ1v) is 6.06. The molecule has 0 radical (unpaired) electrons. The molecule has 1 atom stereocenters. The molecule has 1 aromatic carbocycles. The van der Waals surface area contributed by atoms with E-state index >= 15 is 0 Å². The highest BCUT2D eigenvalue weighted by Gasteiger charge is 2.20. The molecule has 3 N–H and O–H groups in total. The first-order chi connectivity index (χ1) is 8.06. The Hall–Kier alpha value is -1.19. The number of hydrogen-bond donors (Lipinski definition) is 2. The van der Waals surface area contributed by atoms with Crippen molar-refractivity contribution in [2.45, 2.75) is 19.3 Å². The van der Waals surface area contributed by atoms with Gasteiger partial charge in [-0.3, -0.25) is 4.79 Å². The zero-order chi connectivity index (χ0) is 12.6.